The van der Waals surface area contributed by atoms with E-state index in [2.05, 4.69) is 59.4 Å². The van der Waals surface area contributed by atoms with Crippen molar-refractivity contribution in [3.8, 4) is 5.88 Å². The first-order chi connectivity index (χ1) is 11.4. The molecule has 1 aliphatic rings. The fourth-order valence-electron chi connectivity index (χ4n) is 3.04. The number of hydrogen-bond donors (Lipinski definition) is 0. The number of rotatable bonds is 6. The minimum absolute atomic E-state index is 0.306. The molecule has 1 aliphatic carbocycles. The lowest BCUT2D eigenvalue weighted by atomic mass is 9.80. The van der Waals surface area contributed by atoms with Crippen molar-refractivity contribution in [3.63, 3.8) is 0 Å². The van der Waals surface area contributed by atoms with E-state index >= 15 is 0 Å². The summed E-state index contributed by atoms with van der Waals surface area (Å²) in [5.74, 6) is 2.40. The van der Waals surface area contributed by atoms with E-state index < -0.39 is 0 Å². The molecule has 24 heavy (non-hydrogen) atoms. The molecule has 1 heterocycles. The summed E-state index contributed by atoms with van der Waals surface area (Å²) in [5.41, 5.74) is 1.83. The Morgan fingerprint density at radius 2 is 2.04 bits per heavy atom. The van der Waals surface area contributed by atoms with Crippen LogP contribution in [-0.4, -0.2) is 35.9 Å². The van der Waals surface area contributed by atoms with Crippen LogP contribution in [0.3, 0.4) is 0 Å². The molecule has 0 saturated heterocycles. The molecule has 2 rings (SSSR count). The lowest BCUT2D eigenvalue weighted by Gasteiger charge is -2.31. The molecule has 5 heteroatoms. The van der Waals surface area contributed by atoms with Gasteiger partial charge in [-0.2, -0.15) is 0 Å². The highest BCUT2D eigenvalue weighted by Crippen LogP contribution is 2.33. The molecule has 0 unspecified atom stereocenters. The summed E-state index contributed by atoms with van der Waals surface area (Å²) >= 11 is 2.30. The molecule has 0 aliphatic heterocycles. The van der Waals surface area contributed by atoms with Crippen molar-refractivity contribution in [2.45, 2.75) is 59.5 Å². The third-order valence-electron chi connectivity index (χ3n) is 4.94. The van der Waals surface area contributed by atoms with E-state index in [4.69, 9.17) is 4.74 Å². The number of pyridine rings is 1. The standard InChI is InChI=1S/C19H30IN3O/c1-6-23(5)12-21-18-11-17(20)19(22-14(18)4)24-16-9-7-15(8-10-16)13(2)3/h11-13,15-16H,6-10H2,1-5H3/b21-12+/t15-,16+. The Morgan fingerprint density at radius 3 is 2.62 bits per heavy atom. The number of halogens is 1. The largest absolute Gasteiger partial charge is 0.474 e. The van der Waals surface area contributed by atoms with Gasteiger partial charge < -0.3 is 9.64 Å². The fourth-order valence-corrected chi connectivity index (χ4v) is 3.58. The van der Waals surface area contributed by atoms with E-state index in [0.717, 1.165) is 52.1 Å². The van der Waals surface area contributed by atoms with Crippen LogP contribution in [0.2, 0.25) is 0 Å². The Hall–Kier alpha value is -0.850. The fraction of sp³-hybridized carbons (Fsp3) is 0.684. The molecule has 1 aromatic heterocycles. The predicted molar refractivity (Wildman–Crippen MR) is 109 cm³/mol. The highest BCUT2D eigenvalue weighted by Gasteiger charge is 2.25. The molecule has 0 radical (unpaired) electrons. The van der Waals surface area contributed by atoms with Crippen molar-refractivity contribution in [3.05, 3.63) is 15.3 Å². The Labute approximate surface area is 160 Å². The molecule has 1 fully saturated rings. The minimum atomic E-state index is 0.306. The summed E-state index contributed by atoms with van der Waals surface area (Å²) in [6, 6.07) is 2.07. The van der Waals surface area contributed by atoms with Gasteiger partial charge in [0.2, 0.25) is 5.88 Å². The monoisotopic (exact) mass is 443 g/mol. The average molecular weight is 443 g/mol. The first-order valence-electron chi connectivity index (χ1n) is 8.98. The molecular weight excluding hydrogens is 413 g/mol. The zero-order chi connectivity index (χ0) is 17.7. The van der Waals surface area contributed by atoms with Crippen molar-refractivity contribution in [1.29, 1.82) is 0 Å². The SMILES string of the molecule is CCN(C)/C=N/c1cc(I)c(O[C@H]2CC[C@@H](C(C)C)CC2)nc1C. The maximum Gasteiger partial charge on any atom is 0.227 e. The number of nitrogens with zero attached hydrogens (tertiary/aromatic N) is 3. The lowest BCUT2D eigenvalue weighted by Crippen LogP contribution is -2.26. The van der Waals surface area contributed by atoms with E-state index in [1.807, 2.05) is 25.2 Å². The Morgan fingerprint density at radius 1 is 1.38 bits per heavy atom. The van der Waals surface area contributed by atoms with Gasteiger partial charge in [-0.3, -0.25) is 0 Å². The lowest BCUT2D eigenvalue weighted by molar-refractivity contribution is 0.111. The summed E-state index contributed by atoms with van der Waals surface area (Å²) in [7, 11) is 2.02. The van der Waals surface area contributed by atoms with Gasteiger partial charge in [0.25, 0.3) is 0 Å². The third-order valence-corrected chi connectivity index (χ3v) is 5.71. The molecule has 0 bridgehead atoms. The van der Waals surface area contributed by atoms with Crippen LogP contribution in [0, 0.1) is 22.3 Å². The van der Waals surface area contributed by atoms with Crippen LogP contribution in [0.25, 0.3) is 0 Å². The normalized spacial score (nSPS) is 21.5. The zero-order valence-corrected chi connectivity index (χ0v) is 17.7. The molecule has 0 atom stereocenters. The number of aliphatic imine (C=N–C) groups is 1. The zero-order valence-electron chi connectivity index (χ0n) is 15.6. The topological polar surface area (TPSA) is 37.7 Å². The highest BCUT2D eigenvalue weighted by atomic mass is 127. The predicted octanol–water partition coefficient (Wildman–Crippen LogP) is 5.20. The van der Waals surface area contributed by atoms with Crippen LogP contribution in [-0.2, 0) is 0 Å². The maximum absolute atomic E-state index is 6.22. The molecule has 1 saturated carbocycles. The number of aromatic nitrogens is 1. The van der Waals surface area contributed by atoms with Gasteiger partial charge in [0.1, 0.15) is 6.10 Å². The summed E-state index contributed by atoms with van der Waals surface area (Å²) < 4.78 is 7.25. The highest BCUT2D eigenvalue weighted by molar-refractivity contribution is 14.1. The summed E-state index contributed by atoms with van der Waals surface area (Å²) in [4.78, 5) is 11.2. The second-order valence-electron chi connectivity index (χ2n) is 7.10. The summed E-state index contributed by atoms with van der Waals surface area (Å²) in [6.45, 7) is 9.69. The van der Waals surface area contributed by atoms with Crippen molar-refractivity contribution in [1.82, 2.24) is 9.88 Å². The number of ether oxygens (including phenoxy) is 1. The van der Waals surface area contributed by atoms with Crippen LogP contribution >= 0.6 is 22.6 Å². The second-order valence-corrected chi connectivity index (χ2v) is 8.26. The molecule has 1 aromatic rings. The Balaban J connectivity index is 2.02. The molecule has 0 aromatic carbocycles. The van der Waals surface area contributed by atoms with Crippen LogP contribution in [0.4, 0.5) is 5.69 Å². The van der Waals surface area contributed by atoms with Crippen LogP contribution < -0.4 is 4.74 Å². The van der Waals surface area contributed by atoms with E-state index in [1.165, 1.54) is 12.8 Å². The molecule has 4 nitrogen and oxygen atoms in total. The van der Waals surface area contributed by atoms with Crippen LogP contribution in [0.15, 0.2) is 11.1 Å². The first-order valence-corrected chi connectivity index (χ1v) is 10.1. The van der Waals surface area contributed by atoms with E-state index in [9.17, 15) is 0 Å². The van der Waals surface area contributed by atoms with Gasteiger partial charge in [0.15, 0.2) is 0 Å². The molecule has 0 N–H and O–H groups in total. The van der Waals surface area contributed by atoms with Crippen molar-refractivity contribution in [2.75, 3.05) is 13.6 Å². The molecular formula is C19H30IN3O. The molecule has 0 amide bonds. The molecule has 0 spiro atoms. The maximum atomic E-state index is 6.22. The third kappa shape index (κ3) is 5.33. The second kappa shape index (κ2) is 9.02. The minimum Gasteiger partial charge on any atom is -0.474 e. The van der Waals surface area contributed by atoms with Gasteiger partial charge in [0, 0.05) is 13.6 Å². The number of aryl methyl sites for hydroxylation is 1. The summed E-state index contributed by atoms with van der Waals surface area (Å²) in [5, 5.41) is 0. The van der Waals surface area contributed by atoms with Gasteiger partial charge in [-0.1, -0.05) is 13.8 Å². The Kier molecular flexibility index (Phi) is 7.32. The van der Waals surface area contributed by atoms with Crippen LogP contribution in [0.5, 0.6) is 5.88 Å². The molecule has 134 valence electrons. The smallest absolute Gasteiger partial charge is 0.227 e. The Bertz CT molecular complexity index is 566. The number of hydrogen-bond acceptors (Lipinski definition) is 3. The quantitative estimate of drug-likeness (QED) is 0.345. The van der Waals surface area contributed by atoms with Crippen molar-refractivity contribution in [2.24, 2.45) is 16.8 Å². The van der Waals surface area contributed by atoms with Gasteiger partial charge >= 0.3 is 0 Å². The van der Waals surface area contributed by atoms with Crippen LogP contribution in [0.1, 0.15) is 52.1 Å². The van der Waals surface area contributed by atoms with Gasteiger partial charge in [0.05, 0.1) is 21.3 Å². The van der Waals surface area contributed by atoms with Gasteiger partial charge in [-0.25, -0.2) is 9.98 Å². The average Bonchev–Trinajstić information content (AvgIpc) is 2.56. The van der Waals surface area contributed by atoms with E-state index in [1.54, 1.807) is 0 Å². The van der Waals surface area contributed by atoms with Gasteiger partial charge in [-0.05, 0) is 80.0 Å². The van der Waals surface area contributed by atoms with E-state index in [-0.39, 0.29) is 0 Å². The van der Waals surface area contributed by atoms with Crippen molar-refractivity contribution >= 4 is 34.6 Å². The first kappa shape index (κ1) is 19.5. The summed E-state index contributed by atoms with van der Waals surface area (Å²) in [6.07, 6.45) is 6.98. The van der Waals surface area contributed by atoms with Crippen molar-refractivity contribution < 1.29 is 4.74 Å². The van der Waals surface area contributed by atoms with E-state index in [0.29, 0.717) is 6.10 Å². The van der Waals surface area contributed by atoms with Gasteiger partial charge in [-0.15, -0.1) is 0 Å².